The minimum Gasteiger partial charge on any atom is -0.508 e. The van der Waals surface area contributed by atoms with Crippen LogP contribution >= 0.6 is 0 Å². The maximum atomic E-state index is 13.0. The zero-order valence-corrected chi connectivity index (χ0v) is 15.6. The van der Waals surface area contributed by atoms with Gasteiger partial charge in [-0.3, -0.25) is 4.79 Å². The lowest BCUT2D eigenvalue weighted by Gasteiger charge is -2.57. The first-order chi connectivity index (χ1) is 12.6. The maximum Gasteiger partial charge on any atom is 0.223 e. The zero-order chi connectivity index (χ0) is 17.7. The van der Waals surface area contributed by atoms with E-state index in [0.29, 0.717) is 17.1 Å². The molecule has 4 heteroatoms. The number of carbonyl (C=O) groups excluding carboxylic acids is 1. The number of phenolic OH excluding ortho intramolecular Hbond substituents is 1. The molecule has 1 amide bonds. The number of phenols is 1. The first-order valence-electron chi connectivity index (χ1n) is 10.4. The highest BCUT2D eigenvalue weighted by Crippen LogP contribution is 2.61. The van der Waals surface area contributed by atoms with E-state index in [1.165, 1.54) is 38.5 Å². The molecule has 1 aromatic carbocycles. The van der Waals surface area contributed by atoms with Crippen molar-refractivity contribution in [2.24, 2.45) is 23.2 Å². The second kappa shape index (κ2) is 6.17. The second-order valence-corrected chi connectivity index (χ2v) is 9.48. The number of rotatable bonds is 3. The molecule has 4 saturated carbocycles. The number of amides is 1. The first-order valence-corrected chi connectivity index (χ1v) is 10.4. The van der Waals surface area contributed by atoms with Crippen molar-refractivity contribution in [1.29, 1.82) is 0 Å². The van der Waals surface area contributed by atoms with E-state index in [0.717, 1.165) is 56.0 Å². The molecule has 1 heterocycles. The first kappa shape index (κ1) is 16.5. The minimum absolute atomic E-state index is 0.308. The number of aromatic hydroxyl groups is 1. The van der Waals surface area contributed by atoms with Crippen molar-refractivity contribution in [3.63, 3.8) is 0 Å². The molecule has 4 aliphatic carbocycles. The third kappa shape index (κ3) is 2.97. The third-order valence-electron chi connectivity index (χ3n) is 7.52. The summed E-state index contributed by atoms with van der Waals surface area (Å²) in [5.41, 5.74) is 1.40. The van der Waals surface area contributed by atoms with Gasteiger partial charge in [0.15, 0.2) is 0 Å². The molecule has 0 spiro atoms. The summed E-state index contributed by atoms with van der Waals surface area (Å²) in [6.45, 7) is 3.33. The highest BCUT2D eigenvalue weighted by molar-refractivity contribution is 5.77. The molecule has 1 saturated heterocycles. The molecule has 0 aromatic heterocycles. The minimum atomic E-state index is 0.308. The fourth-order valence-electron chi connectivity index (χ4n) is 6.84. The molecule has 0 radical (unpaired) electrons. The van der Waals surface area contributed by atoms with Gasteiger partial charge < -0.3 is 14.9 Å². The van der Waals surface area contributed by atoms with Crippen molar-refractivity contribution < 1.29 is 9.90 Å². The summed E-state index contributed by atoms with van der Waals surface area (Å²) in [7, 11) is 0. The van der Waals surface area contributed by atoms with E-state index in [4.69, 9.17) is 0 Å². The summed E-state index contributed by atoms with van der Waals surface area (Å²) in [5.74, 6) is 3.44. The van der Waals surface area contributed by atoms with Crippen molar-refractivity contribution in [2.75, 3.05) is 31.1 Å². The van der Waals surface area contributed by atoms with E-state index in [1.807, 2.05) is 18.2 Å². The van der Waals surface area contributed by atoms with Crippen LogP contribution in [0.3, 0.4) is 0 Å². The molecule has 0 unspecified atom stereocenters. The Kier molecular flexibility index (Phi) is 3.91. The van der Waals surface area contributed by atoms with Gasteiger partial charge in [0, 0.05) is 44.4 Å². The summed E-state index contributed by atoms with van der Waals surface area (Å²) >= 11 is 0. The Morgan fingerprint density at radius 2 is 1.62 bits per heavy atom. The molecule has 140 valence electrons. The van der Waals surface area contributed by atoms with E-state index >= 15 is 0 Å². The van der Waals surface area contributed by atoms with E-state index in [9.17, 15) is 9.90 Å². The van der Waals surface area contributed by atoms with Gasteiger partial charge in [0.2, 0.25) is 5.91 Å². The van der Waals surface area contributed by atoms with Crippen molar-refractivity contribution in [3.8, 4) is 5.75 Å². The Hall–Kier alpha value is -1.71. The van der Waals surface area contributed by atoms with E-state index in [2.05, 4.69) is 9.80 Å². The Morgan fingerprint density at radius 1 is 1.00 bits per heavy atom. The van der Waals surface area contributed by atoms with E-state index in [-0.39, 0.29) is 0 Å². The topological polar surface area (TPSA) is 43.8 Å². The smallest absolute Gasteiger partial charge is 0.223 e. The van der Waals surface area contributed by atoms with Crippen LogP contribution in [0.5, 0.6) is 5.75 Å². The summed E-state index contributed by atoms with van der Waals surface area (Å²) in [6.07, 6.45) is 9.06. The number of anilines is 1. The highest BCUT2D eigenvalue weighted by atomic mass is 16.3. The second-order valence-electron chi connectivity index (χ2n) is 9.48. The fourth-order valence-corrected chi connectivity index (χ4v) is 6.84. The van der Waals surface area contributed by atoms with Crippen LogP contribution in [-0.2, 0) is 4.79 Å². The maximum absolute atomic E-state index is 13.0. The van der Waals surface area contributed by atoms with Gasteiger partial charge in [-0.15, -0.1) is 0 Å². The molecule has 4 bridgehead atoms. The average Bonchev–Trinajstić information content (AvgIpc) is 2.60. The molecular formula is C22H30N2O2. The number of hydrogen-bond donors (Lipinski definition) is 1. The largest absolute Gasteiger partial charge is 0.508 e. The molecule has 0 atom stereocenters. The van der Waals surface area contributed by atoms with Gasteiger partial charge >= 0.3 is 0 Å². The van der Waals surface area contributed by atoms with Gasteiger partial charge in [-0.25, -0.2) is 0 Å². The molecule has 5 fully saturated rings. The van der Waals surface area contributed by atoms with E-state index < -0.39 is 0 Å². The number of benzene rings is 1. The Bertz CT molecular complexity index is 658. The van der Waals surface area contributed by atoms with Crippen LogP contribution in [-0.4, -0.2) is 42.1 Å². The van der Waals surface area contributed by atoms with Crippen LogP contribution in [0.4, 0.5) is 5.69 Å². The van der Waals surface area contributed by atoms with Gasteiger partial charge in [-0.2, -0.15) is 0 Å². The third-order valence-corrected chi connectivity index (χ3v) is 7.52. The normalized spacial score (nSPS) is 35.8. The van der Waals surface area contributed by atoms with Crippen LogP contribution < -0.4 is 4.90 Å². The average molecular weight is 354 g/mol. The molecule has 1 N–H and O–H groups in total. The van der Waals surface area contributed by atoms with Gasteiger partial charge in [0.05, 0.1) is 0 Å². The molecule has 4 nitrogen and oxygen atoms in total. The van der Waals surface area contributed by atoms with Crippen molar-refractivity contribution >= 4 is 11.6 Å². The monoisotopic (exact) mass is 354 g/mol. The van der Waals surface area contributed by atoms with Crippen LogP contribution in [0.25, 0.3) is 0 Å². The predicted octanol–water partition coefficient (Wildman–Crippen LogP) is 3.65. The quantitative estimate of drug-likeness (QED) is 0.901. The van der Waals surface area contributed by atoms with Gasteiger partial charge in [-0.1, -0.05) is 6.07 Å². The van der Waals surface area contributed by atoms with Gasteiger partial charge in [-0.05, 0) is 73.8 Å². The lowest BCUT2D eigenvalue weighted by Crippen LogP contribution is -2.52. The fraction of sp³-hybridized carbons (Fsp3) is 0.682. The van der Waals surface area contributed by atoms with Crippen LogP contribution in [0.2, 0.25) is 0 Å². The number of hydrogen-bond acceptors (Lipinski definition) is 3. The van der Waals surface area contributed by atoms with Crippen molar-refractivity contribution in [1.82, 2.24) is 4.90 Å². The highest BCUT2D eigenvalue weighted by Gasteiger charge is 2.51. The van der Waals surface area contributed by atoms with Gasteiger partial charge in [0.25, 0.3) is 0 Å². The summed E-state index contributed by atoms with van der Waals surface area (Å²) in [5, 5.41) is 9.68. The lowest BCUT2D eigenvalue weighted by atomic mass is 9.49. The molecular weight excluding hydrogens is 324 g/mol. The van der Waals surface area contributed by atoms with Crippen molar-refractivity contribution in [3.05, 3.63) is 24.3 Å². The zero-order valence-electron chi connectivity index (χ0n) is 15.6. The predicted molar refractivity (Wildman–Crippen MR) is 102 cm³/mol. The Morgan fingerprint density at radius 3 is 2.19 bits per heavy atom. The van der Waals surface area contributed by atoms with Crippen LogP contribution in [0, 0.1) is 23.2 Å². The SMILES string of the molecule is O=C(CC12CC3CC(CC(C3)C1)C2)N1CCN(c2cccc(O)c2)CC1. The molecule has 26 heavy (non-hydrogen) atoms. The number of carbonyl (C=O) groups is 1. The van der Waals surface area contributed by atoms with Crippen LogP contribution in [0.1, 0.15) is 44.9 Å². The molecule has 1 aliphatic heterocycles. The molecule has 6 rings (SSSR count). The summed E-state index contributed by atoms with van der Waals surface area (Å²) in [6, 6.07) is 7.43. The van der Waals surface area contributed by atoms with Crippen molar-refractivity contribution in [2.45, 2.75) is 44.9 Å². The Labute approximate surface area is 156 Å². The van der Waals surface area contributed by atoms with Crippen LogP contribution in [0.15, 0.2) is 24.3 Å². The molecule has 5 aliphatic rings. The standard InChI is InChI=1S/C22H30N2O2/c25-20-3-1-2-19(11-20)23-4-6-24(7-5-23)21(26)15-22-12-16-8-17(13-22)10-18(9-16)14-22/h1-3,11,16-18,25H,4-10,12-15H2. The summed E-state index contributed by atoms with van der Waals surface area (Å²) in [4.78, 5) is 17.4. The lowest BCUT2D eigenvalue weighted by molar-refractivity contribution is -0.139. The molecule has 1 aromatic rings. The number of piperazine rings is 1. The van der Waals surface area contributed by atoms with E-state index in [1.54, 1.807) is 6.07 Å². The summed E-state index contributed by atoms with van der Waals surface area (Å²) < 4.78 is 0. The van der Waals surface area contributed by atoms with Gasteiger partial charge in [0.1, 0.15) is 5.75 Å². The Balaban J connectivity index is 1.20. The number of nitrogens with zero attached hydrogens (tertiary/aromatic N) is 2.